The minimum Gasteiger partial charge on any atom is -0.395 e. The van der Waals surface area contributed by atoms with Gasteiger partial charge in [0.1, 0.15) is 4.90 Å². The van der Waals surface area contributed by atoms with E-state index in [9.17, 15) is 13.5 Å². The summed E-state index contributed by atoms with van der Waals surface area (Å²) in [4.78, 5) is 0.130. The topological polar surface area (TPSA) is 57.6 Å². The van der Waals surface area contributed by atoms with Crippen molar-refractivity contribution in [3.63, 3.8) is 0 Å². The molecule has 6 heteroatoms. The van der Waals surface area contributed by atoms with E-state index in [4.69, 9.17) is 11.6 Å². The molecule has 1 fully saturated rings. The van der Waals surface area contributed by atoms with Gasteiger partial charge in [0.25, 0.3) is 0 Å². The lowest BCUT2D eigenvalue weighted by Crippen LogP contribution is -2.40. The molecule has 2 rings (SSSR count). The first-order chi connectivity index (χ1) is 9.46. The summed E-state index contributed by atoms with van der Waals surface area (Å²) < 4.78 is 27.0. The lowest BCUT2D eigenvalue weighted by molar-refractivity contribution is 0.226. The molecule has 0 atom stereocenters. The minimum absolute atomic E-state index is 0.0236. The van der Waals surface area contributed by atoms with Gasteiger partial charge in [-0.25, -0.2) is 8.42 Å². The minimum atomic E-state index is -3.65. The Morgan fingerprint density at radius 3 is 2.55 bits per heavy atom. The zero-order chi connectivity index (χ0) is 14.8. The van der Waals surface area contributed by atoms with Crippen molar-refractivity contribution in [1.82, 2.24) is 4.31 Å². The summed E-state index contributed by atoms with van der Waals surface area (Å²) in [6.45, 7) is 1.81. The number of aliphatic hydroxyl groups excluding tert-OH is 1. The fourth-order valence-electron chi connectivity index (χ4n) is 2.73. The van der Waals surface area contributed by atoms with Crippen molar-refractivity contribution < 1.29 is 13.5 Å². The van der Waals surface area contributed by atoms with Crippen LogP contribution in [-0.2, 0) is 10.0 Å². The average molecular weight is 318 g/mol. The second-order valence-electron chi connectivity index (χ2n) is 5.21. The molecule has 0 amide bonds. The fourth-order valence-corrected chi connectivity index (χ4v) is 4.98. The fraction of sp³-hybridized carbons (Fsp3) is 0.571. The van der Waals surface area contributed by atoms with E-state index in [-0.39, 0.29) is 29.1 Å². The molecule has 0 aromatic heterocycles. The van der Waals surface area contributed by atoms with Gasteiger partial charge >= 0.3 is 0 Å². The van der Waals surface area contributed by atoms with Crippen LogP contribution in [0, 0.1) is 6.92 Å². The highest BCUT2D eigenvalue weighted by Gasteiger charge is 2.33. The maximum Gasteiger partial charge on any atom is 0.244 e. The SMILES string of the molecule is Cc1ccc(S(=O)(=O)N(CCO)C2CCCC2)c(Cl)c1. The predicted molar refractivity (Wildman–Crippen MR) is 79.4 cm³/mol. The quantitative estimate of drug-likeness (QED) is 0.908. The molecular weight excluding hydrogens is 298 g/mol. The van der Waals surface area contributed by atoms with Crippen molar-refractivity contribution in [2.75, 3.05) is 13.2 Å². The molecule has 1 aromatic carbocycles. The third kappa shape index (κ3) is 3.17. The molecule has 112 valence electrons. The summed E-state index contributed by atoms with van der Waals surface area (Å²) in [5.41, 5.74) is 0.920. The number of aryl methyl sites for hydroxylation is 1. The van der Waals surface area contributed by atoms with Gasteiger partial charge in [-0.15, -0.1) is 0 Å². The van der Waals surface area contributed by atoms with Gasteiger partial charge in [-0.3, -0.25) is 0 Å². The van der Waals surface area contributed by atoms with Crippen LogP contribution < -0.4 is 0 Å². The van der Waals surface area contributed by atoms with E-state index in [0.717, 1.165) is 31.2 Å². The van der Waals surface area contributed by atoms with Crippen molar-refractivity contribution in [3.05, 3.63) is 28.8 Å². The summed E-state index contributed by atoms with van der Waals surface area (Å²) >= 11 is 6.10. The van der Waals surface area contributed by atoms with E-state index in [1.165, 1.54) is 4.31 Å². The van der Waals surface area contributed by atoms with Crippen LogP contribution in [0.15, 0.2) is 23.1 Å². The number of nitrogens with zero attached hydrogens (tertiary/aromatic N) is 1. The van der Waals surface area contributed by atoms with Crippen molar-refractivity contribution in [3.8, 4) is 0 Å². The van der Waals surface area contributed by atoms with Gasteiger partial charge in [-0.2, -0.15) is 4.31 Å². The van der Waals surface area contributed by atoms with Gasteiger partial charge in [0.05, 0.1) is 11.6 Å². The smallest absolute Gasteiger partial charge is 0.244 e. The van der Waals surface area contributed by atoms with Gasteiger partial charge in [-0.05, 0) is 37.5 Å². The van der Waals surface area contributed by atoms with E-state index in [2.05, 4.69) is 0 Å². The zero-order valence-corrected chi connectivity index (χ0v) is 13.1. The second-order valence-corrected chi connectivity index (χ2v) is 7.48. The molecule has 20 heavy (non-hydrogen) atoms. The molecule has 0 heterocycles. The largest absolute Gasteiger partial charge is 0.395 e. The molecule has 1 aromatic rings. The van der Waals surface area contributed by atoms with Crippen molar-refractivity contribution in [2.24, 2.45) is 0 Å². The zero-order valence-electron chi connectivity index (χ0n) is 11.5. The van der Waals surface area contributed by atoms with Crippen molar-refractivity contribution >= 4 is 21.6 Å². The van der Waals surface area contributed by atoms with Gasteiger partial charge < -0.3 is 5.11 Å². The molecule has 0 aliphatic heterocycles. The first kappa shape index (κ1) is 15.8. The van der Waals surface area contributed by atoms with Gasteiger partial charge in [0.2, 0.25) is 10.0 Å². The second kappa shape index (κ2) is 6.43. The Morgan fingerprint density at radius 2 is 2.00 bits per heavy atom. The monoisotopic (exact) mass is 317 g/mol. The van der Waals surface area contributed by atoms with Crippen molar-refractivity contribution in [1.29, 1.82) is 0 Å². The number of benzene rings is 1. The summed E-state index contributed by atoms with van der Waals surface area (Å²) in [5, 5.41) is 9.42. The standard InChI is InChI=1S/C14H20ClNO3S/c1-11-6-7-14(13(15)10-11)20(18,19)16(8-9-17)12-4-2-3-5-12/h6-7,10,12,17H,2-5,8-9H2,1H3. The summed E-state index contributed by atoms with van der Waals surface area (Å²) in [6, 6.07) is 4.92. The molecule has 0 radical (unpaired) electrons. The van der Waals surface area contributed by atoms with Crippen LogP contribution in [-0.4, -0.2) is 37.0 Å². The van der Waals surface area contributed by atoms with Crippen molar-refractivity contribution in [2.45, 2.75) is 43.5 Å². The number of sulfonamides is 1. The molecule has 1 N–H and O–H groups in total. The Kier molecular flexibility index (Phi) is 5.07. The summed E-state index contributed by atoms with van der Waals surface area (Å²) in [5.74, 6) is 0. The number of hydrogen-bond donors (Lipinski definition) is 1. The van der Waals surface area contributed by atoms with Crippen LogP contribution in [0.5, 0.6) is 0 Å². The molecular formula is C14H20ClNO3S. The predicted octanol–water partition coefficient (Wildman–Crippen LogP) is 2.57. The van der Waals surface area contributed by atoms with Gasteiger partial charge in [-0.1, -0.05) is 30.5 Å². The highest BCUT2D eigenvalue weighted by atomic mass is 35.5. The molecule has 0 spiro atoms. The molecule has 4 nitrogen and oxygen atoms in total. The normalized spacial score (nSPS) is 17.0. The number of hydrogen-bond acceptors (Lipinski definition) is 3. The Hall–Kier alpha value is -0.620. The Labute approximate surface area is 125 Å². The van der Waals surface area contributed by atoms with Gasteiger partial charge in [0.15, 0.2) is 0 Å². The number of aliphatic hydroxyl groups is 1. The maximum absolute atomic E-state index is 12.8. The number of halogens is 1. The third-order valence-electron chi connectivity index (χ3n) is 3.73. The Balaban J connectivity index is 2.39. The first-order valence-corrected chi connectivity index (χ1v) is 8.67. The Morgan fingerprint density at radius 1 is 1.35 bits per heavy atom. The third-order valence-corrected chi connectivity index (χ3v) is 6.16. The van der Waals surface area contributed by atoms with Crippen LogP contribution in [0.4, 0.5) is 0 Å². The lowest BCUT2D eigenvalue weighted by Gasteiger charge is -2.27. The van der Waals surface area contributed by atoms with E-state index >= 15 is 0 Å². The van der Waals surface area contributed by atoms with Gasteiger partial charge in [0, 0.05) is 12.6 Å². The average Bonchev–Trinajstić information content (AvgIpc) is 2.88. The van der Waals surface area contributed by atoms with E-state index in [1.54, 1.807) is 18.2 Å². The lowest BCUT2D eigenvalue weighted by atomic mass is 10.2. The maximum atomic E-state index is 12.8. The molecule has 0 bridgehead atoms. The highest BCUT2D eigenvalue weighted by Crippen LogP contribution is 2.31. The van der Waals surface area contributed by atoms with Crippen LogP contribution in [0.1, 0.15) is 31.2 Å². The number of rotatable bonds is 5. The Bertz CT molecular complexity index is 568. The molecule has 0 saturated heterocycles. The molecule has 1 aliphatic rings. The van der Waals surface area contributed by atoms with Crippen LogP contribution in [0.3, 0.4) is 0 Å². The van der Waals surface area contributed by atoms with E-state index in [0.29, 0.717) is 0 Å². The van der Waals surface area contributed by atoms with Crippen LogP contribution in [0.2, 0.25) is 5.02 Å². The first-order valence-electron chi connectivity index (χ1n) is 6.85. The molecule has 0 unspecified atom stereocenters. The van der Waals surface area contributed by atoms with Crippen LogP contribution in [0.25, 0.3) is 0 Å². The van der Waals surface area contributed by atoms with E-state index < -0.39 is 10.0 Å². The summed E-state index contributed by atoms with van der Waals surface area (Å²) in [6.07, 6.45) is 3.76. The molecule has 1 saturated carbocycles. The molecule has 1 aliphatic carbocycles. The summed E-state index contributed by atoms with van der Waals surface area (Å²) in [7, 11) is -3.65. The highest BCUT2D eigenvalue weighted by molar-refractivity contribution is 7.89. The van der Waals surface area contributed by atoms with Crippen LogP contribution >= 0.6 is 11.6 Å². The van der Waals surface area contributed by atoms with E-state index in [1.807, 2.05) is 6.92 Å².